The predicted octanol–water partition coefficient (Wildman–Crippen LogP) is 3.02. The number of ether oxygens (including phenoxy) is 1. The molecule has 1 aromatic carbocycles. The van der Waals surface area contributed by atoms with E-state index < -0.39 is 29.7 Å². The van der Waals surface area contributed by atoms with Gasteiger partial charge in [0.2, 0.25) is 0 Å². The van der Waals surface area contributed by atoms with Crippen molar-refractivity contribution in [1.82, 2.24) is 5.32 Å². The number of amides is 1. The number of hydrogen-bond acceptors (Lipinski definition) is 2. The van der Waals surface area contributed by atoms with Crippen LogP contribution in [0, 0.1) is 5.82 Å². The fourth-order valence-electron chi connectivity index (χ4n) is 1.75. The Morgan fingerprint density at radius 3 is 2.67 bits per heavy atom. The van der Waals surface area contributed by atoms with E-state index in [1.165, 1.54) is 0 Å². The highest BCUT2D eigenvalue weighted by Crippen LogP contribution is 2.33. The molecular formula is C11H9F4NO2. The van der Waals surface area contributed by atoms with Crippen LogP contribution >= 0.6 is 0 Å². The highest BCUT2D eigenvalue weighted by Gasteiger charge is 2.32. The molecule has 0 spiro atoms. The van der Waals surface area contributed by atoms with Gasteiger partial charge in [0.05, 0.1) is 18.2 Å². The molecule has 98 valence electrons. The molecule has 1 fully saturated rings. The lowest BCUT2D eigenvalue weighted by molar-refractivity contribution is -0.137. The van der Waals surface area contributed by atoms with Gasteiger partial charge in [-0.1, -0.05) is 0 Å². The second-order valence-corrected chi connectivity index (χ2v) is 3.86. The van der Waals surface area contributed by atoms with Crippen molar-refractivity contribution in [3.63, 3.8) is 0 Å². The average molecular weight is 263 g/mol. The molecule has 0 unspecified atom stereocenters. The van der Waals surface area contributed by atoms with Gasteiger partial charge in [-0.2, -0.15) is 13.2 Å². The molecule has 1 aliphatic rings. The summed E-state index contributed by atoms with van der Waals surface area (Å²) in [6, 6.07) is 1.33. The molecule has 7 heteroatoms. The first kappa shape index (κ1) is 12.7. The minimum atomic E-state index is -4.54. The van der Waals surface area contributed by atoms with Crippen molar-refractivity contribution in [2.45, 2.75) is 18.6 Å². The van der Waals surface area contributed by atoms with E-state index in [0.717, 1.165) is 6.07 Å². The number of cyclic esters (lactones) is 1. The fourth-order valence-corrected chi connectivity index (χ4v) is 1.75. The molecule has 1 amide bonds. The number of rotatable bonds is 1. The van der Waals surface area contributed by atoms with Crippen molar-refractivity contribution < 1.29 is 27.1 Å². The minimum absolute atomic E-state index is 0.0478. The lowest BCUT2D eigenvalue weighted by Gasteiger charge is -2.24. The molecule has 1 aliphatic heterocycles. The zero-order valence-corrected chi connectivity index (χ0v) is 9.05. The third kappa shape index (κ3) is 2.55. The van der Waals surface area contributed by atoms with E-state index in [9.17, 15) is 22.4 Å². The Labute approximate surface area is 99.7 Å². The third-order valence-electron chi connectivity index (χ3n) is 2.63. The van der Waals surface area contributed by atoms with Gasteiger partial charge >= 0.3 is 12.3 Å². The Kier molecular flexibility index (Phi) is 3.14. The molecule has 0 aliphatic carbocycles. The van der Waals surface area contributed by atoms with E-state index in [-0.39, 0.29) is 18.6 Å². The van der Waals surface area contributed by atoms with E-state index in [1.54, 1.807) is 0 Å². The van der Waals surface area contributed by atoms with Gasteiger partial charge in [-0.25, -0.2) is 9.18 Å². The monoisotopic (exact) mass is 263 g/mol. The molecule has 1 aromatic rings. The summed E-state index contributed by atoms with van der Waals surface area (Å²) in [5.74, 6) is -0.782. The molecule has 1 N–H and O–H groups in total. The largest absolute Gasteiger partial charge is 0.449 e. The van der Waals surface area contributed by atoms with Crippen molar-refractivity contribution >= 4 is 6.09 Å². The van der Waals surface area contributed by atoms with Crippen LogP contribution in [0.25, 0.3) is 0 Å². The van der Waals surface area contributed by atoms with Gasteiger partial charge in [0, 0.05) is 12.0 Å². The first-order valence-electron chi connectivity index (χ1n) is 5.18. The van der Waals surface area contributed by atoms with E-state index in [0.29, 0.717) is 12.1 Å². The number of benzene rings is 1. The number of alkyl halides is 3. The maximum Gasteiger partial charge on any atom is 0.416 e. The van der Waals surface area contributed by atoms with Gasteiger partial charge in [0.25, 0.3) is 0 Å². The highest BCUT2D eigenvalue weighted by atomic mass is 19.4. The number of hydrogen-bond donors (Lipinski definition) is 1. The zero-order chi connectivity index (χ0) is 13.3. The molecule has 0 saturated carbocycles. The quantitative estimate of drug-likeness (QED) is 0.791. The summed E-state index contributed by atoms with van der Waals surface area (Å²) in [7, 11) is 0. The Morgan fingerprint density at radius 1 is 1.33 bits per heavy atom. The Morgan fingerprint density at radius 2 is 2.06 bits per heavy atom. The molecule has 0 aromatic heterocycles. The maximum absolute atomic E-state index is 13.5. The van der Waals surface area contributed by atoms with Gasteiger partial charge in [-0.15, -0.1) is 0 Å². The van der Waals surface area contributed by atoms with Crippen LogP contribution in [0.1, 0.15) is 23.6 Å². The highest BCUT2D eigenvalue weighted by molar-refractivity contribution is 5.68. The molecule has 3 nitrogen and oxygen atoms in total. The van der Waals surface area contributed by atoms with E-state index in [2.05, 4.69) is 10.1 Å². The lowest BCUT2D eigenvalue weighted by Crippen LogP contribution is -2.35. The van der Waals surface area contributed by atoms with Gasteiger partial charge < -0.3 is 10.1 Å². The summed E-state index contributed by atoms with van der Waals surface area (Å²) in [4.78, 5) is 11.0. The van der Waals surface area contributed by atoms with Gasteiger partial charge in [-0.05, 0) is 18.2 Å². The summed E-state index contributed by atoms with van der Waals surface area (Å²) < 4.78 is 55.6. The first-order chi connectivity index (χ1) is 8.38. The second-order valence-electron chi connectivity index (χ2n) is 3.86. The topological polar surface area (TPSA) is 38.3 Å². The van der Waals surface area contributed by atoms with Crippen LogP contribution in [0.4, 0.5) is 22.4 Å². The molecule has 1 saturated heterocycles. The van der Waals surface area contributed by atoms with Crippen LogP contribution < -0.4 is 5.32 Å². The van der Waals surface area contributed by atoms with Crippen molar-refractivity contribution in [2.24, 2.45) is 0 Å². The smallest absolute Gasteiger partial charge is 0.416 e. The van der Waals surface area contributed by atoms with Crippen LogP contribution in [-0.2, 0) is 10.9 Å². The minimum Gasteiger partial charge on any atom is -0.449 e. The number of carbonyl (C=O) groups excluding carboxylic acids is 1. The summed E-state index contributed by atoms with van der Waals surface area (Å²) >= 11 is 0. The van der Waals surface area contributed by atoms with E-state index in [1.807, 2.05) is 0 Å². The van der Waals surface area contributed by atoms with Gasteiger partial charge in [0.15, 0.2) is 0 Å². The van der Waals surface area contributed by atoms with Crippen LogP contribution in [0.2, 0.25) is 0 Å². The van der Waals surface area contributed by atoms with Crippen molar-refractivity contribution in [3.05, 3.63) is 35.1 Å². The van der Waals surface area contributed by atoms with Gasteiger partial charge in [-0.3, -0.25) is 0 Å². The van der Waals surface area contributed by atoms with Crippen LogP contribution in [0.3, 0.4) is 0 Å². The Hall–Kier alpha value is -1.79. The third-order valence-corrected chi connectivity index (χ3v) is 2.63. The Bertz CT molecular complexity index is 473. The second kappa shape index (κ2) is 4.47. The lowest BCUT2D eigenvalue weighted by atomic mass is 10.00. The van der Waals surface area contributed by atoms with Gasteiger partial charge in [0.1, 0.15) is 5.82 Å². The van der Waals surface area contributed by atoms with Crippen LogP contribution in [0.5, 0.6) is 0 Å². The molecular weight excluding hydrogens is 254 g/mol. The first-order valence-corrected chi connectivity index (χ1v) is 5.18. The van der Waals surface area contributed by atoms with Crippen molar-refractivity contribution in [2.75, 3.05) is 6.61 Å². The molecule has 0 bridgehead atoms. The van der Waals surface area contributed by atoms with Crippen molar-refractivity contribution in [1.29, 1.82) is 0 Å². The molecule has 18 heavy (non-hydrogen) atoms. The summed E-state index contributed by atoms with van der Waals surface area (Å²) in [6.45, 7) is 0.0478. The number of nitrogens with one attached hydrogen (secondary N) is 1. The molecule has 1 atom stereocenters. The predicted molar refractivity (Wildman–Crippen MR) is 53.2 cm³/mol. The van der Waals surface area contributed by atoms with E-state index in [4.69, 9.17) is 0 Å². The molecule has 0 radical (unpaired) electrons. The van der Waals surface area contributed by atoms with Crippen LogP contribution in [0.15, 0.2) is 18.2 Å². The zero-order valence-electron chi connectivity index (χ0n) is 9.05. The fraction of sp³-hybridized carbons (Fsp3) is 0.364. The molecule has 2 rings (SSSR count). The van der Waals surface area contributed by atoms with Crippen molar-refractivity contribution in [3.8, 4) is 0 Å². The maximum atomic E-state index is 13.5. The standard InChI is InChI=1S/C11H9F4NO2/c12-8-2-1-6(11(13,14)15)5-7(8)9-3-4-18-10(17)16-9/h1-2,5,9H,3-4H2,(H,16,17)/t9-/m0/s1. The average Bonchev–Trinajstić information content (AvgIpc) is 2.28. The normalized spacial score (nSPS) is 20.2. The SMILES string of the molecule is O=C1N[C@H](c2cc(C(F)(F)F)ccc2F)CCO1. The Balaban J connectivity index is 2.34. The number of carbonyl (C=O) groups is 1. The number of halogens is 4. The summed E-state index contributed by atoms with van der Waals surface area (Å²) in [5.41, 5.74) is -1.12. The number of alkyl carbamates (subject to hydrolysis) is 1. The summed E-state index contributed by atoms with van der Waals surface area (Å²) in [5, 5.41) is 2.28. The molecule has 1 heterocycles. The summed E-state index contributed by atoms with van der Waals surface area (Å²) in [6.07, 6.45) is -5.08. The van der Waals surface area contributed by atoms with E-state index >= 15 is 0 Å². The van der Waals surface area contributed by atoms with Crippen LogP contribution in [-0.4, -0.2) is 12.7 Å².